The van der Waals surface area contributed by atoms with Crippen LogP contribution in [0.4, 0.5) is 5.69 Å². The van der Waals surface area contributed by atoms with Crippen molar-refractivity contribution < 1.29 is 9.90 Å². The van der Waals surface area contributed by atoms with Crippen molar-refractivity contribution in [2.24, 2.45) is 5.92 Å². The largest absolute Gasteiger partial charge is 0.478 e. The van der Waals surface area contributed by atoms with Crippen LogP contribution in [-0.2, 0) is 0 Å². The summed E-state index contributed by atoms with van der Waals surface area (Å²) in [4.78, 5) is 11.5. The SMILES string of the molecule is Cc1c(C(=O)O)ccc2c1N[C@H](c1cccc(Cl)c1)C1CC=CC21. The van der Waals surface area contributed by atoms with Crippen LogP contribution in [0.1, 0.15) is 45.4 Å². The van der Waals surface area contributed by atoms with Crippen LogP contribution >= 0.6 is 11.6 Å². The first-order chi connectivity index (χ1) is 11.6. The summed E-state index contributed by atoms with van der Waals surface area (Å²) in [5.41, 5.74) is 4.44. The molecular weight excluding hydrogens is 322 g/mol. The number of hydrogen-bond donors (Lipinski definition) is 2. The lowest BCUT2D eigenvalue weighted by Crippen LogP contribution is -2.30. The van der Waals surface area contributed by atoms with Crippen LogP contribution in [0.3, 0.4) is 0 Å². The fourth-order valence-corrected chi connectivity index (χ4v) is 4.27. The molecule has 2 aromatic carbocycles. The molecule has 0 saturated carbocycles. The van der Waals surface area contributed by atoms with Crippen molar-refractivity contribution in [2.75, 3.05) is 5.32 Å². The maximum atomic E-state index is 11.5. The van der Waals surface area contributed by atoms with Crippen molar-refractivity contribution >= 4 is 23.3 Å². The van der Waals surface area contributed by atoms with Gasteiger partial charge in [0.15, 0.2) is 0 Å². The first-order valence-electron chi connectivity index (χ1n) is 8.11. The highest BCUT2D eigenvalue weighted by molar-refractivity contribution is 6.30. The number of allylic oxidation sites excluding steroid dienone is 2. The van der Waals surface area contributed by atoms with E-state index in [0.717, 1.165) is 28.3 Å². The Balaban J connectivity index is 1.85. The molecule has 0 radical (unpaired) electrons. The Kier molecular flexibility index (Phi) is 3.61. The molecule has 0 aromatic heterocycles. The third-order valence-electron chi connectivity index (χ3n) is 5.24. The summed E-state index contributed by atoms with van der Waals surface area (Å²) >= 11 is 6.18. The molecule has 3 atom stereocenters. The molecule has 0 amide bonds. The second-order valence-corrected chi connectivity index (χ2v) is 6.97. The maximum Gasteiger partial charge on any atom is 0.336 e. The lowest BCUT2D eigenvalue weighted by Gasteiger charge is -2.38. The molecule has 122 valence electrons. The van der Waals surface area contributed by atoms with Gasteiger partial charge in [0.2, 0.25) is 0 Å². The molecule has 0 saturated heterocycles. The molecule has 2 aromatic rings. The van der Waals surface area contributed by atoms with Gasteiger partial charge < -0.3 is 10.4 Å². The first-order valence-corrected chi connectivity index (χ1v) is 8.49. The summed E-state index contributed by atoms with van der Waals surface area (Å²) < 4.78 is 0. The normalized spacial score (nSPS) is 24.2. The van der Waals surface area contributed by atoms with Crippen molar-refractivity contribution in [1.29, 1.82) is 0 Å². The number of nitrogens with one attached hydrogen (secondary N) is 1. The van der Waals surface area contributed by atoms with Gasteiger partial charge in [-0.15, -0.1) is 0 Å². The van der Waals surface area contributed by atoms with Crippen LogP contribution in [0.5, 0.6) is 0 Å². The minimum atomic E-state index is -0.888. The topological polar surface area (TPSA) is 49.3 Å². The predicted octanol–water partition coefficient (Wildman–Crippen LogP) is 5.17. The number of fused-ring (bicyclic) bond motifs is 3. The molecule has 4 heteroatoms. The average molecular weight is 340 g/mol. The molecule has 1 aliphatic carbocycles. The third kappa shape index (κ3) is 2.31. The zero-order valence-electron chi connectivity index (χ0n) is 13.3. The summed E-state index contributed by atoms with van der Waals surface area (Å²) in [5, 5.41) is 13.7. The Morgan fingerprint density at radius 3 is 2.88 bits per heavy atom. The Labute approximate surface area is 146 Å². The van der Waals surface area contributed by atoms with E-state index in [-0.39, 0.29) is 6.04 Å². The Morgan fingerprint density at radius 1 is 1.29 bits per heavy atom. The van der Waals surface area contributed by atoms with Crippen LogP contribution < -0.4 is 5.32 Å². The summed E-state index contributed by atoms with van der Waals surface area (Å²) in [6.45, 7) is 1.88. The smallest absolute Gasteiger partial charge is 0.336 e. The number of carboxylic acid groups (broad SMARTS) is 1. The molecule has 1 aliphatic heterocycles. The number of benzene rings is 2. The van der Waals surface area contributed by atoms with E-state index in [2.05, 4.69) is 23.5 Å². The van der Waals surface area contributed by atoms with Crippen molar-refractivity contribution in [3.8, 4) is 0 Å². The predicted molar refractivity (Wildman–Crippen MR) is 95.9 cm³/mol. The van der Waals surface area contributed by atoms with Gasteiger partial charge in [-0.2, -0.15) is 0 Å². The van der Waals surface area contributed by atoms with Gasteiger partial charge in [-0.3, -0.25) is 0 Å². The van der Waals surface area contributed by atoms with Crippen molar-refractivity contribution in [1.82, 2.24) is 0 Å². The van der Waals surface area contributed by atoms with Gasteiger partial charge >= 0.3 is 5.97 Å². The average Bonchev–Trinajstić information content (AvgIpc) is 3.04. The second-order valence-electron chi connectivity index (χ2n) is 6.54. The zero-order valence-corrected chi connectivity index (χ0v) is 14.0. The summed E-state index contributed by atoms with van der Waals surface area (Å²) in [6.07, 6.45) is 5.49. The number of anilines is 1. The highest BCUT2D eigenvalue weighted by Gasteiger charge is 2.38. The zero-order chi connectivity index (χ0) is 16.8. The molecule has 0 spiro atoms. The molecule has 1 heterocycles. The van der Waals surface area contributed by atoms with Gasteiger partial charge in [-0.25, -0.2) is 4.79 Å². The second kappa shape index (κ2) is 5.67. The van der Waals surface area contributed by atoms with E-state index in [1.807, 2.05) is 31.2 Å². The molecule has 2 N–H and O–H groups in total. The van der Waals surface area contributed by atoms with Gasteiger partial charge in [0.25, 0.3) is 0 Å². The van der Waals surface area contributed by atoms with Gasteiger partial charge in [0.1, 0.15) is 0 Å². The number of aromatic carboxylic acids is 1. The van der Waals surface area contributed by atoms with E-state index in [1.54, 1.807) is 6.07 Å². The van der Waals surface area contributed by atoms with Gasteiger partial charge in [-0.1, -0.05) is 42.0 Å². The monoisotopic (exact) mass is 339 g/mol. The summed E-state index contributed by atoms with van der Waals surface area (Å²) in [5.74, 6) is -0.154. The van der Waals surface area contributed by atoms with Crippen LogP contribution in [-0.4, -0.2) is 11.1 Å². The Bertz CT molecular complexity index is 859. The fraction of sp³-hybridized carbons (Fsp3) is 0.250. The van der Waals surface area contributed by atoms with E-state index >= 15 is 0 Å². The van der Waals surface area contributed by atoms with E-state index in [4.69, 9.17) is 11.6 Å². The first kappa shape index (κ1) is 15.3. The van der Waals surface area contributed by atoms with E-state index in [0.29, 0.717) is 17.4 Å². The Hall–Kier alpha value is -2.26. The molecule has 3 nitrogen and oxygen atoms in total. The lowest BCUT2D eigenvalue weighted by molar-refractivity contribution is 0.0696. The minimum absolute atomic E-state index is 0.124. The highest BCUT2D eigenvalue weighted by atomic mass is 35.5. The lowest BCUT2D eigenvalue weighted by atomic mass is 9.76. The number of carboxylic acids is 1. The number of rotatable bonds is 2. The maximum absolute atomic E-state index is 11.5. The van der Waals surface area contributed by atoms with E-state index in [1.165, 1.54) is 5.56 Å². The molecule has 24 heavy (non-hydrogen) atoms. The quantitative estimate of drug-likeness (QED) is 0.742. The number of hydrogen-bond acceptors (Lipinski definition) is 2. The molecule has 2 aliphatic rings. The number of halogens is 1. The van der Waals surface area contributed by atoms with Crippen LogP contribution in [0.2, 0.25) is 5.02 Å². The molecule has 4 rings (SSSR count). The van der Waals surface area contributed by atoms with Crippen molar-refractivity contribution in [3.63, 3.8) is 0 Å². The molecule has 0 fully saturated rings. The molecule has 0 bridgehead atoms. The summed E-state index contributed by atoms with van der Waals surface area (Å²) in [6, 6.07) is 11.7. The third-order valence-corrected chi connectivity index (χ3v) is 5.47. The molecule has 2 unspecified atom stereocenters. The van der Waals surface area contributed by atoms with E-state index < -0.39 is 5.97 Å². The van der Waals surface area contributed by atoms with Crippen molar-refractivity contribution in [3.05, 3.63) is 75.8 Å². The minimum Gasteiger partial charge on any atom is -0.478 e. The van der Waals surface area contributed by atoms with Crippen LogP contribution in [0, 0.1) is 12.8 Å². The van der Waals surface area contributed by atoms with Crippen LogP contribution in [0.15, 0.2) is 48.6 Å². The fourth-order valence-electron chi connectivity index (χ4n) is 4.08. The highest BCUT2D eigenvalue weighted by Crippen LogP contribution is 2.51. The summed E-state index contributed by atoms with van der Waals surface area (Å²) in [7, 11) is 0. The standard InChI is InChI=1S/C20H18ClNO2/c1-11-14(20(23)24)8-9-17-15-6-3-7-16(15)19(22-18(11)17)12-4-2-5-13(21)10-12/h2-6,8-10,15-16,19,22H,7H2,1H3,(H,23,24)/t15?,16?,19-/m1/s1. The van der Waals surface area contributed by atoms with Crippen LogP contribution in [0.25, 0.3) is 0 Å². The van der Waals surface area contributed by atoms with Gasteiger partial charge in [0.05, 0.1) is 11.6 Å². The Morgan fingerprint density at radius 2 is 2.12 bits per heavy atom. The van der Waals surface area contributed by atoms with Gasteiger partial charge in [-0.05, 0) is 54.2 Å². The van der Waals surface area contributed by atoms with Crippen molar-refractivity contribution in [2.45, 2.75) is 25.3 Å². The molecular formula is C20H18ClNO2. The van der Waals surface area contributed by atoms with Gasteiger partial charge in [0, 0.05) is 16.6 Å². The van der Waals surface area contributed by atoms with E-state index in [9.17, 15) is 9.90 Å². The number of carbonyl (C=O) groups is 1.